The molecule has 5 nitrogen and oxygen atoms in total. The standard InChI is InChI=1S/C29H24N2O3/c1-2-33-27-16-10-9-15-25(27)29(22-11-5-3-6-12-22,23-13-7-4-8-14-23)24-17-18-26(31-21-24)28(32)34-20-19-30/h3-18,21H,2,20H2,1H3. The van der Waals surface area contributed by atoms with E-state index >= 15 is 0 Å². The summed E-state index contributed by atoms with van der Waals surface area (Å²) >= 11 is 0. The largest absolute Gasteiger partial charge is 0.494 e. The molecule has 0 aliphatic heterocycles. The number of ether oxygens (including phenoxy) is 2. The fourth-order valence-electron chi connectivity index (χ4n) is 4.31. The molecule has 0 saturated heterocycles. The second kappa shape index (κ2) is 10.5. The fourth-order valence-corrected chi connectivity index (χ4v) is 4.31. The van der Waals surface area contributed by atoms with Gasteiger partial charge in [-0.15, -0.1) is 0 Å². The van der Waals surface area contributed by atoms with Gasteiger partial charge in [-0.25, -0.2) is 9.78 Å². The molecule has 5 heteroatoms. The third kappa shape index (κ3) is 4.26. The lowest BCUT2D eigenvalue weighted by Crippen LogP contribution is -2.32. The third-order valence-corrected chi connectivity index (χ3v) is 5.68. The van der Waals surface area contributed by atoms with Crippen LogP contribution in [-0.2, 0) is 10.2 Å². The van der Waals surface area contributed by atoms with E-state index in [4.69, 9.17) is 14.7 Å². The highest BCUT2D eigenvalue weighted by Crippen LogP contribution is 2.48. The molecule has 4 aromatic rings. The number of benzene rings is 3. The molecule has 3 aromatic carbocycles. The summed E-state index contributed by atoms with van der Waals surface area (Å²) in [6, 6.07) is 33.7. The van der Waals surface area contributed by atoms with E-state index in [1.54, 1.807) is 18.3 Å². The van der Waals surface area contributed by atoms with E-state index in [-0.39, 0.29) is 12.3 Å². The molecule has 0 unspecified atom stereocenters. The van der Waals surface area contributed by atoms with Crippen molar-refractivity contribution in [3.63, 3.8) is 0 Å². The van der Waals surface area contributed by atoms with Crippen molar-refractivity contribution in [1.82, 2.24) is 4.98 Å². The van der Waals surface area contributed by atoms with Crippen LogP contribution in [0.5, 0.6) is 5.75 Å². The van der Waals surface area contributed by atoms with Crippen LogP contribution in [0.4, 0.5) is 0 Å². The molecule has 34 heavy (non-hydrogen) atoms. The molecule has 0 saturated carbocycles. The summed E-state index contributed by atoms with van der Waals surface area (Å²) in [6.45, 7) is 2.17. The Bertz CT molecular complexity index is 1240. The molecule has 1 heterocycles. The first-order valence-electron chi connectivity index (χ1n) is 11.1. The first kappa shape index (κ1) is 22.8. The number of rotatable bonds is 8. The smallest absolute Gasteiger partial charge is 0.357 e. The fraction of sp³-hybridized carbons (Fsp3) is 0.138. The Hall–Kier alpha value is -4.43. The Morgan fingerprint density at radius 3 is 2.03 bits per heavy atom. The lowest BCUT2D eigenvalue weighted by atomic mass is 9.65. The predicted octanol–water partition coefficient (Wildman–Crippen LogP) is 5.54. The van der Waals surface area contributed by atoms with Gasteiger partial charge in [-0.05, 0) is 35.7 Å². The summed E-state index contributed by atoms with van der Waals surface area (Å²) in [5.74, 6) is 0.142. The van der Waals surface area contributed by atoms with Crippen LogP contribution in [0.3, 0.4) is 0 Å². The molecule has 1 aromatic heterocycles. The van der Waals surface area contributed by atoms with Crippen LogP contribution in [-0.4, -0.2) is 24.2 Å². The monoisotopic (exact) mass is 448 g/mol. The first-order chi connectivity index (χ1) is 16.7. The van der Waals surface area contributed by atoms with Crippen molar-refractivity contribution in [3.8, 4) is 11.8 Å². The van der Waals surface area contributed by atoms with Gasteiger partial charge in [-0.2, -0.15) is 5.26 Å². The average molecular weight is 449 g/mol. The summed E-state index contributed by atoms with van der Waals surface area (Å²) in [7, 11) is 0. The molecular formula is C29H24N2O3. The van der Waals surface area contributed by atoms with Crippen LogP contribution in [0.15, 0.2) is 103 Å². The van der Waals surface area contributed by atoms with Crippen molar-refractivity contribution in [3.05, 3.63) is 131 Å². The SMILES string of the molecule is CCOc1ccccc1C(c1ccccc1)(c1ccccc1)c1ccc(C(=O)OCC#N)nc1. The van der Waals surface area contributed by atoms with Gasteiger partial charge in [0.2, 0.25) is 0 Å². The average Bonchev–Trinajstić information content (AvgIpc) is 2.90. The third-order valence-electron chi connectivity index (χ3n) is 5.68. The Kier molecular flexibility index (Phi) is 7.00. The molecule has 0 fully saturated rings. The summed E-state index contributed by atoms with van der Waals surface area (Å²) < 4.78 is 11.0. The van der Waals surface area contributed by atoms with Crippen LogP contribution in [0.2, 0.25) is 0 Å². The highest BCUT2D eigenvalue weighted by Gasteiger charge is 2.40. The number of nitrogens with zero attached hydrogens (tertiary/aromatic N) is 2. The van der Waals surface area contributed by atoms with Crippen LogP contribution >= 0.6 is 0 Å². The summed E-state index contributed by atoms with van der Waals surface area (Å²) in [6.07, 6.45) is 1.70. The Balaban J connectivity index is 2.01. The van der Waals surface area contributed by atoms with Crippen LogP contribution in [0, 0.1) is 11.3 Å². The predicted molar refractivity (Wildman–Crippen MR) is 130 cm³/mol. The van der Waals surface area contributed by atoms with E-state index in [2.05, 4.69) is 35.3 Å². The number of hydrogen-bond donors (Lipinski definition) is 0. The van der Waals surface area contributed by atoms with Crippen LogP contribution < -0.4 is 4.74 Å². The van der Waals surface area contributed by atoms with Crippen molar-refractivity contribution in [2.45, 2.75) is 12.3 Å². The number of hydrogen-bond acceptors (Lipinski definition) is 5. The zero-order chi connectivity index (χ0) is 23.8. The summed E-state index contributed by atoms with van der Waals surface area (Å²) in [5, 5.41) is 8.70. The van der Waals surface area contributed by atoms with Crippen molar-refractivity contribution in [1.29, 1.82) is 5.26 Å². The Morgan fingerprint density at radius 1 is 0.853 bits per heavy atom. The van der Waals surface area contributed by atoms with Gasteiger partial charge in [0, 0.05) is 11.8 Å². The minimum absolute atomic E-state index is 0.145. The Morgan fingerprint density at radius 2 is 1.47 bits per heavy atom. The van der Waals surface area contributed by atoms with E-state index in [9.17, 15) is 4.79 Å². The first-order valence-corrected chi connectivity index (χ1v) is 11.1. The normalized spacial score (nSPS) is 10.8. The number of carbonyl (C=O) groups is 1. The highest BCUT2D eigenvalue weighted by atomic mass is 16.5. The van der Waals surface area contributed by atoms with Gasteiger partial charge in [0.25, 0.3) is 0 Å². The minimum atomic E-state index is -0.754. The molecule has 0 radical (unpaired) electrons. The maximum Gasteiger partial charge on any atom is 0.357 e. The zero-order valence-electron chi connectivity index (χ0n) is 18.8. The van der Waals surface area contributed by atoms with Gasteiger partial charge in [-0.3, -0.25) is 0 Å². The van der Waals surface area contributed by atoms with Gasteiger partial charge in [0.15, 0.2) is 6.61 Å². The molecule has 168 valence electrons. The second-order valence-electron chi connectivity index (χ2n) is 7.58. The highest BCUT2D eigenvalue weighted by molar-refractivity contribution is 5.87. The molecule has 0 aliphatic carbocycles. The molecule has 0 spiro atoms. The minimum Gasteiger partial charge on any atom is -0.494 e. The summed E-state index contributed by atoms with van der Waals surface area (Å²) in [4.78, 5) is 16.7. The van der Waals surface area contributed by atoms with E-state index in [0.717, 1.165) is 28.0 Å². The number of carbonyl (C=O) groups excluding carboxylic acids is 1. The zero-order valence-corrected chi connectivity index (χ0v) is 18.8. The number of pyridine rings is 1. The number of esters is 1. The molecular weight excluding hydrogens is 424 g/mol. The van der Waals surface area contributed by atoms with E-state index in [1.807, 2.05) is 67.6 Å². The van der Waals surface area contributed by atoms with E-state index < -0.39 is 11.4 Å². The molecule has 0 bridgehead atoms. The van der Waals surface area contributed by atoms with Gasteiger partial charge in [-0.1, -0.05) is 84.9 Å². The molecule has 0 atom stereocenters. The number of para-hydroxylation sites is 1. The number of aromatic nitrogens is 1. The van der Waals surface area contributed by atoms with Crippen molar-refractivity contribution in [2.75, 3.05) is 13.2 Å². The van der Waals surface area contributed by atoms with Crippen LogP contribution in [0.25, 0.3) is 0 Å². The quantitative estimate of drug-likeness (QED) is 0.261. The lowest BCUT2D eigenvalue weighted by molar-refractivity contribution is 0.0548. The van der Waals surface area contributed by atoms with Gasteiger partial charge < -0.3 is 9.47 Å². The van der Waals surface area contributed by atoms with Crippen LogP contribution in [0.1, 0.15) is 39.7 Å². The molecule has 0 N–H and O–H groups in total. The van der Waals surface area contributed by atoms with Crippen molar-refractivity contribution in [2.24, 2.45) is 0 Å². The molecule has 4 rings (SSSR count). The van der Waals surface area contributed by atoms with Crippen molar-refractivity contribution < 1.29 is 14.3 Å². The number of nitriles is 1. The second-order valence-corrected chi connectivity index (χ2v) is 7.58. The lowest BCUT2D eigenvalue weighted by Gasteiger charge is -2.37. The van der Waals surface area contributed by atoms with Crippen molar-refractivity contribution >= 4 is 5.97 Å². The topological polar surface area (TPSA) is 72.2 Å². The Labute approximate surface area is 199 Å². The summed E-state index contributed by atoms with van der Waals surface area (Å²) in [5.41, 5.74) is 3.30. The molecule has 0 aliphatic rings. The van der Waals surface area contributed by atoms with E-state index in [1.165, 1.54) is 0 Å². The maximum atomic E-state index is 12.3. The van der Waals surface area contributed by atoms with Gasteiger partial charge >= 0.3 is 5.97 Å². The maximum absolute atomic E-state index is 12.3. The van der Waals surface area contributed by atoms with E-state index in [0.29, 0.717) is 6.61 Å². The van der Waals surface area contributed by atoms with Gasteiger partial charge in [0.05, 0.1) is 12.0 Å². The van der Waals surface area contributed by atoms with Gasteiger partial charge in [0.1, 0.15) is 17.5 Å². The molecule has 0 amide bonds.